The molecule has 2 saturated heterocycles. The molecule has 0 aliphatic carbocycles. The molecule has 24 heavy (non-hydrogen) atoms. The highest BCUT2D eigenvalue weighted by Gasteiger charge is 2.55. The van der Waals surface area contributed by atoms with Crippen LogP contribution in [-0.4, -0.2) is 52.5 Å². The molecular formula is C16H22O7S. The van der Waals surface area contributed by atoms with Crippen molar-refractivity contribution in [2.45, 2.75) is 56.1 Å². The lowest BCUT2D eigenvalue weighted by Crippen LogP contribution is -2.33. The fourth-order valence-electron chi connectivity index (χ4n) is 2.90. The summed E-state index contributed by atoms with van der Waals surface area (Å²) in [7, 11) is -2.36. The lowest BCUT2D eigenvalue weighted by atomic mass is 10.1. The second-order valence-corrected chi connectivity index (χ2v) is 8.01. The maximum absolute atomic E-state index is 12.3. The summed E-state index contributed by atoms with van der Waals surface area (Å²) in [5.41, 5.74) is 0.970. The highest BCUT2D eigenvalue weighted by molar-refractivity contribution is 7.86. The van der Waals surface area contributed by atoms with Gasteiger partial charge in [-0.25, -0.2) is 0 Å². The van der Waals surface area contributed by atoms with Gasteiger partial charge in [-0.2, -0.15) is 8.42 Å². The first kappa shape index (κ1) is 17.8. The van der Waals surface area contributed by atoms with E-state index in [4.69, 9.17) is 23.1 Å². The minimum Gasteiger partial charge on any atom is -0.353 e. The molecule has 7 nitrogen and oxygen atoms in total. The van der Waals surface area contributed by atoms with Crippen LogP contribution in [0.3, 0.4) is 0 Å². The first-order valence-corrected chi connectivity index (χ1v) is 9.13. The topological polar surface area (TPSA) is 80.3 Å². The Labute approximate surface area is 141 Å². The van der Waals surface area contributed by atoms with Crippen molar-refractivity contribution in [2.24, 2.45) is 0 Å². The Balaban J connectivity index is 1.69. The molecular weight excluding hydrogens is 336 g/mol. The fourth-order valence-corrected chi connectivity index (χ4v) is 3.81. The third-order valence-electron chi connectivity index (χ3n) is 4.04. The predicted molar refractivity (Wildman–Crippen MR) is 83.8 cm³/mol. The molecule has 2 fully saturated rings. The molecule has 8 heteroatoms. The van der Waals surface area contributed by atoms with Crippen LogP contribution in [0.15, 0.2) is 29.2 Å². The molecule has 0 saturated carbocycles. The van der Waals surface area contributed by atoms with Gasteiger partial charge in [0, 0.05) is 7.11 Å². The van der Waals surface area contributed by atoms with Gasteiger partial charge in [-0.05, 0) is 32.9 Å². The molecule has 2 aliphatic heterocycles. The lowest BCUT2D eigenvalue weighted by molar-refractivity contribution is -0.229. The van der Waals surface area contributed by atoms with Crippen molar-refractivity contribution in [1.29, 1.82) is 0 Å². The van der Waals surface area contributed by atoms with Crippen molar-refractivity contribution >= 4 is 10.1 Å². The van der Waals surface area contributed by atoms with E-state index in [0.717, 1.165) is 5.56 Å². The molecule has 1 aromatic rings. The standard InChI is InChI=1S/C16H22O7S/c1-10-5-7-11(8-6-10)24(17,18)20-9-12-13-14(15(19-4)21-12)23-16(2,3)22-13/h5-8,12-15H,9H2,1-4H3/t12-,13-,14-,15+/m1/s1. The first-order chi connectivity index (χ1) is 11.2. The van der Waals surface area contributed by atoms with Crippen molar-refractivity contribution in [2.75, 3.05) is 13.7 Å². The van der Waals surface area contributed by atoms with Crippen LogP contribution in [0.25, 0.3) is 0 Å². The molecule has 0 unspecified atom stereocenters. The normalized spacial score (nSPS) is 32.0. The number of fused-ring (bicyclic) bond motifs is 1. The Hall–Kier alpha value is -1.03. The molecule has 0 radical (unpaired) electrons. The molecule has 0 bridgehead atoms. The Morgan fingerprint density at radius 3 is 2.38 bits per heavy atom. The maximum Gasteiger partial charge on any atom is 0.297 e. The van der Waals surface area contributed by atoms with Gasteiger partial charge in [-0.1, -0.05) is 17.7 Å². The molecule has 0 aromatic heterocycles. The number of rotatable bonds is 5. The predicted octanol–water partition coefficient (Wildman–Crippen LogP) is 1.59. The lowest BCUT2D eigenvalue weighted by Gasteiger charge is -2.23. The zero-order valence-electron chi connectivity index (χ0n) is 14.1. The maximum atomic E-state index is 12.3. The minimum atomic E-state index is -3.86. The molecule has 4 atom stereocenters. The van der Waals surface area contributed by atoms with Gasteiger partial charge in [0.15, 0.2) is 12.1 Å². The van der Waals surface area contributed by atoms with Gasteiger partial charge < -0.3 is 18.9 Å². The van der Waals surface area contributed by atoms with E-state index >= 15 is 0 Å². The van der Waals surface area contributed by atoms with Crippen molar-refractivity contribution in [3.05, 3.63) is 29.8 Å². The molecule has 2 heterocycles. The second kappa shape index (κ2) is 6.36. The van der Waals surface area contributed by atoms with E-state index in [2.05, 4.69) is 0 Å². The Morgan fingerprint density at radius 1 is 1.12 bits per heavy atom. The van der Waals surface area contributed by atoms with Crippen LogP contribution in [0.2, 0.25) is 0 Å². The highest BCUT2D eigenvalue weighted by Crippen LogP contribution is 2.39. The van der Waals surface area contributed by atoms with Crippen molar-refractivity contribution in [3.8, 4) is 0 Å². The van der Waals surface area contributed by atoms with E-state index in [1.165, 1.54) is 19.2 Å². The fraction of sp³-hybridized carbons (Fsp3) is 0.625. The second-order valence-electron chi connectivity index (χ2n) is 6.40. The van der Waals surface area contributed by atoms with E-state index in [1.54, 1.807) is 26.0 Å². The Kier molecular flexibility index (Phi) is 4.71. The summed E-state index contributed by atoms with van der Waals surface area (Å²) in [6, 6.07) is 6.46. The number of hydrogen-bond donors (Lipinski definition) is 0. The SMILES string of the molecule is CO[C@H]1O[C@H](COS(=O)(=O)c2ccc(C)cc2)[C@H]2OC(C)(C)O[C@@H]12. The van der Waals surface area contributed by atoms with Gasteiger partial charge in [0.2, 0.25) is 0 Å². The van der Waals surface area contributed by atoms with Gasteiger partial charge in [0.05, 0.1) is 11.5 Å². The van der Waals surface area contributed by atoms with Gasteiger partial charge >= 0.3 is 0 Å². The molecule has 0 amide bonds. The average Bonchev–Trinajstić information content (AvgIpc) is 2.99. The van der Waals surface area contributed by atoms with Crippen LogP contribution in [-0.2, 0) is 33.2 Å². The number of methoxy groups -OCH3 is 1. The largest absolute Gasteiger partial charge is 0.353 e. The summed E-state index contributed by atoms with van der Waals surface area (Å²) in [4.78, 5) is 0.106. The summed E-state index contributed by atoms with van der Waals surface area (Å²) >= 11 is 0. The average molecular weight is 358 g/mol. The number of ether oxygens (including phenoxy) is 4. The number of aryl methyl sites for hydroxylation is 1. The van der Waals surface area contributed by atoms with Crippen LogP contribution in [0.4, 0.5) is 0 Å². The smallest absolute Gasteiger partial charge is 0.297 e. The zero-order valence-corrected chi connectivity index (χ0v) is 14.9. The number of hydrogen-bond acceptors (Lipinski definition) is 7. The van der Waals surface area contributed by atoms with E-state index in [-0.39, 0.29) is 11.5 Å². The Morgan fingerprint density at radius 2 is 1.75 bits per heavy atom. The van der Waals surface area contributed by atoms with Gasteiger partial charge in [0.25, 0.3) is 10.1 Å². The Bertz CT molecular complexity index is 683. The van der Waals surface area contributed by atoms with Crippen LogP contribution in [0.1, 0.15) is 19.4 Å². The van der Waals surface area contributed by atoms with E-state index < -0.39 is 40.5 Å². The quantitative estimate of drug-likeness (QED) is 0.740. The monoisotopic (exact) mass is 358 g/mol. The van der Waals surface area contributed by atoms with Crippen LogP contribution in [0.5, 0.6) is 0 Å². The number of benzene rings is 1. The van der Waals surface area contributed by atoms with E-state index in [9.17, 15) is 8.42 Å². The third-order valence-corrected chi connectivity index (χ3v) is 5.33. The van der Waals surface area contributed by atoms with Gasteiger partial charge in [-0.3, -0.25) is 4.18 Å². The van der Waals surface area contributed by atoms with Crippen LogP contribution < -0.4 is 0 Å². The zero-order chi connectivity index (χ0) is 17.5. The van der Waals surface area contributed by atoms with Crippen molar-refractivity contribution in [1.82, 2.24) is 0 Å². The summed E-state index contributed by atoms with van der Waals surface area (Å²) in [6.07, 6.45) is -2.08. The summed E-state index contributed by atoms with van der Waals surface area (Å²) in [6.45, 7) is 5.29. The van der Waals surface area contributed by atoms with Crippen LogP contribution >= 0.6 is 0 Å². The summed E-state index contributed by atoms with van der Waals surface area (Å²) in [5.74, 6) is -0.774. The molecule has 2 aliphatic rings. The van der Waals surface area contributed by atoms with Gasteiger partial charge in [0.1, 0.15) is 18.3 Å². The third kappa shape index (κ3) is 3.49. The first-order valence-electron chi connectivity index (χ1n) is 7.72. The van der Waals surface area contributed by atoms with Gasteiger partial charge in [-0.15, -0.1) is 0 Å². The molecule has 134 valence electrons. The van der Waals surface area contributed by atoms with Crippen molar-refractivity contribution in [3.63, 3.8) is 0 Å². The highest BCUT2D eigenvalue weighted by atomic mass is 32.2. The molecule has 0 spiro atoms. The van der Waals surface area contributed by atoms with E-state index in [1.807, 2.05) is 6.92 Å². The molecule has 3 rings (SSSR count). The summed E-state index contributed by atoms with van der Waals surface area (Å²) < 4.78 is 52.2. The minimum absolute atomic E-state index is 0.106. The molecule has 1 aromatic carbocycles. The van der Waals surface area contributed by atoms with Crippen LogP contribution in [0, 0.1) is 6.92 Å². The van der Waals surface area contributed by atoms with E-state index in [0.29, 0.717) is 0 Å². The van der Waals surface area contributed by atoms with Crippen molar-refractivity contribution < 1.29 is 31.5 Å². The summed E-state index contributed by atoms with van der Waals surface area (Å²) in [5, 5.41) is 0. The molecule has 0 N–H and O–H groups in total.